The van der Waals surface area contributed by atoms with E-state index in [4.69, 9.17) is 0 Å². The summed E-state index contributed by atoms with van der Waals surface area (Å²) in [4.78, 5) is 29.8. The van der Waals surface area contributed by atoms with Crippen molar-refractivity contribution in [3.63, 3.8) is 0 Å². The molecule has 1 aliphatic heterocycles. The lowest BCUT2D eigenvalue weighted by Crippen LogP contribution is -2.44. The lowest BCUT2D eigenvalue weighted by molar-refractivity contribution is -0.135. The number of thiazole rings is 1. The molecule has 1 aromatic rings. The highest BCUT2D eigenvalue weighted by Gasteiger charge is 2.32. The van der Waals surface area contributed by atoms with E-state index in [1.54, 1.807) is 29.4 Å². The van der Waals surface area contributed by atoms with Crippen molar-refractivity contribution in [1.29, 1.82) is 0 Å². The number of hydrogen-bond donors (Lipinski definition) is 1. The molecular formula is C12H17N3O2S. The molecular weight excluding hydrogens is 250 g/mol. The van der Waals surface area contributed by atoms with E-state index in [0.717, 1.165) is 11.4 Å². The standard InChI is InChI=1S/C12H17N3O2S/c1-3-9(11-13-5-7-18-11)15-6-4-10(16)14-8(2)12(15)17/h5,7-9H,3-4,6H2,1-2H3,(H,14,16). The van der Waals surface area contributed by atoms with Crippen LogP contribution in [0.3, 0.4) is 0 Å². The molecule has 5 nitrogen and oxygen atoms in total. The van der Waals surface area contributed by atoms with E-state index in [9.17, 15) is 9.59 Å². The summed E-state index contributed by atoms with van der Waals surface area (Å²) in [6.45, 7) is 4.23. The van der Waals surface area contributed by atoms with Gasteiger partial charge in [0.2, 0.25) is 11.8 Å². The largest absolute Gasteiger partial charge is 0.345 e. The van der Waals surface area contributed by atoms with Gasteiger partial charge in [0.15, 0.2) is 0 Å². The molecule has 1 fully saturated rings. The fourth-order valence-corrected chi connectivity index (χ4v) is 3.03. The molecule has 1 aromatic heterocycles. The van der Waals surface area contributed by atoms with Crippen LogP contribution in [0.25, 0.3) is 0 Å². The second-order valence-corrected chi connectivity index (χ2v) is 5.29. The molecule has 2 rings (SSSR count). The fraction of sp³-hybridized carbons (Fsp3) is 0.583. The minimum absolute atomic E-state index is 0.0207. The van der Waals surface area contributed by atoms with Crippen LogP contribution in [0, 0.1) is 0 Å². The van der Waals surface area contributed by atoms with Crippen molar-refractivity contribution in [3.05, 3.63) is 16.6 Å². The van der Waals surface area contributed by atoms with Crippen molar-refractivity contribution in [3.8, 4) is 0 Å². The molecule has 98 valence electrons. The third-order valence-electron chi connectivity index (χ3n) is 3.11. The number of nitrogens with one attached hydrogen (secondary N) is 1. The maximum atomic E-state index is 12.3. The third kappa shape index (κ3) is 2.53. The number of carbonyl (C=O) groups excluding carboxylic acids is 2. The monoisotopic (exact) mass is 267 g/mol. The molecule has 18 heavy (non-hydrogen) atoms. The second-order valence-electron chi connectivity index (χ2n) is 4.37. The minimum Gasteiger partial charge on any atom is -0.345 e. The second kappa shape index (κ2) is 5.48. The number of nitrogens with zero attached hydrogens (tertiary/aromatic N) is 2. The van der Waals surface area contributed by atoms with Crippen LogP contribution in [0.1, 0.15) is 37.7 Å². The van der Waals surface area contributed by atoms with Gasteiger partial charge in [0, 0.05) is 24.5 Å². The van der Waals surface area contributed by atoms with Gasteiger partial charge in [-0.15, -0.1) is 11.3 Å². The zero-order chi connectivity index (χ0) is 13.1. The Morgan fingerprint density at radius 3 is 3.00 bits per heavy atom. The Morgan fingerprint density at radius 2 is 2.39 bits per heavy atom. The van der Waals surface area contributed by atoms with Crippen LogP contribution in [-0.4, -0.2) is 34.3 Å². The summed E-state index contributed by atoms with van der Waals surface area (Å²) in [5.41, 5.74) is 0. The summed E-state index contributed by atoms with van der Waals surface area (Å²) in [6, 6.07) is -0.471. The Kier molecular flexibility index (Phi) is 3.96. The highest BCUT2D eigenvalue weighted by molar-refractivity contribution is 7.09. The van der Waals surface area contributed by atoms with E-state index in [-0.39, 0.29) is 17.9 Å². The van der Waals surface area contributed by atoms with Crippen LogP contribution < -0.4 is 5.32 Å². The summed E-state index contributed by atoms with van der Waals surface area (Å²) < 4.78 is 0. The predicted molar refractivity (Wildman–Crippen MR) is 69.1 cm³/mol. The highest BCUT2D eigenvalue weighted by Crippen LogP contribution is 2.27. The molecule has 0 radical (unpaired) electrons. The van der Waals surface area contributed by atoms with Gasteiger partial charge >= 0.3 is 0 Å². The molecule has 2 atom stereocenters. The van der Waals surface area contributed by atoms with E-state index in [1.165, 1.54) is 0 Å². The van der Waals surface area contributed by atoms with Crippen LogP contribution in [0.15, 0.2) is 11.6 Å². The summed E-state index contributed by atoms with van der Waals surface area (Å²) in [5.74, 6) is -0.0877. The lowest BCUT2D eigenvalue weighted by Gasteiger charge is -2.29. The van der Waals surface area contributed by atoms with Gasteiger partial charge in [-0.2, -0.15) is 0 Å². The third-order valence-corrected chi connectivity index (χ3v) is 3.99. The van der Waals surface area contributed by atoms with Gasteiger partial charge in [0.1, 0.15) is 11.0 Å². The van der Waals surface area contributed by atoms with Gasteiger partial charge < -0.3 is 10.2 Å². The highest BCUT2D eigenvalue weighted by atomic mass is 32.1. The number of amides is 2. The van der Waals surface area contributed by atoms with Crippen molar-refractivity contribution in [2.24, 2.45) is 0 Å². The summed E-state index contributed by atoms with van der Waals surface area (Å²) in [6.07, 6.45) is 2.91. The van der Waals surface area contributed by atoms with Crippen molar-refractivity contribution < 1.29 is 9.59 Å². The van der Waals surface area contributed by atoms with E-state index >= 15 is 0 Å². The average molecular weight is 267 g/mol. The average Bonchev–Trinajstić information content (AvgIpc) is 2.83. The Bertz CT molecular complexity index is 433. The van der Waals surface area contributed by atoms with E-state index in [1.807, 2.05) is 12.3 Å². The van der Waals surface area contributed by atoms with Crippen molar-refractivity contribution >= 4 is 23.2 Å². The molecule has 0 aliphatic carbocycles. The molecule has 0 bridgehead atoms. The lowest BCUT2D eigenvalue weighted by atomic mass is 10.1. The Hall–Kier alpha value is -1.43. The van der Waals surface area contributed by atoms with Crippen LogP contribution in [0.5, 0.6) is 0 Å². The van der Waals surface area contributed by atoms with Gasteiger partial charge in [0.25, 0.3) is 0 Å². The van der Waals surface area contributed by atoms with Gasteiger partial charge in [-0.1, -0.05) is 6.92 Å². The first kappa shape index (κ1) is 13.0. The van der Waals surface area contributed by atoms with Crippen LogP contribution in [-0.2, 0) is 9.59 Å². The molecule has 2 unspecified atom stereocenters. The summed E-state index contributed by atoms with van der Waals surface area (Å²) in [7, 11) is 0. The smallest absolute Gasteiger partial charge is 0.245 e. The maximum absolute atomic E-state index is 12.3. The van der Waals surface area contributed by atoms with E-state index < -0.39 is 6.04 Å². The predicted octanol–water partition coefficient (Wildman–Crippen LogP) is 1.33. The van der Waals surface area contributed by atoms with Gasteiger partial charge in [-0.05, 0) is 13.3 Å². The normalized spacial score (nSPS) is 22.6. The quantitative estimate of drug-likeness (QED) is 0.898. The van der Waals surface area contributed by atoms with Crippen LogP contribution in [0.2, 0.25) is 0 Å². The molecule has 2 heterocycles. The minimum atomic E-state index is -0.450. The van der Waals surface area contributed by atoms with Crippen LogP contribution in [0.4, 0.5) is 0 Å². The first-order valence-corrected chi connectivity index (χ1v) is 7.00. The van der Waals surface area contributed by atoms with E-state index in [0.29, 0.717) is 13.0 Å². The summed E-state index contributed by atoms with van der Waals surface area (Å²) in [5, 5.41) is 5.55. The summed E-state index contributed by atoms with van der Waals surface area (Å²) >= 11 is 1.55. The Balaban J connectivity index is 2.24. The van der Waals surface area contributed by atoms with Gasteiger partial charge in [-0.3, -0.25) is 9.59 Å². The molecule has 1 aliphatic rings. The Morgan fingerprint density at radius 1 is 1.61 bits per heavy atom. The molecule has 1 N–H and O–H groups in total. The molecule has 1 saturated heterocycles. The maximum Gasteiger partial charge on any atom is 0.245 e. The number of carbonyl (C=O) groups is 2. The molecule has 2 amide bonds. The zero-order valence-corrected chi connectivity index (χ0v) is 11.4. The topological polar surface area (TPSA) is 62.3 Å². The first-order valence-electron chi connectivity index (χ1n) is 6.12. The number of aromatic nitrogens is 1. The molecule has 6 heteroatoms. The fourth-order valence-electron chi connectivity index (χ4n) is 2.19. The number of hydrogen-bond acceptors (Lipinski definition) is 4. The van der Waals surface area contributed by atoms with Gasteiger partial charge in [0.05, 0.1) is 6.04 Å². The van der Waals surface area contributed by atoms with Crippen molar-refractivity contribution in [1.82, 2.24) is 15.2 Å². The SMILES string of the molecule is CCC(c1nccs1)N1CCC(=O)NC(C)C1=O. The molecule has 0 saturated carbocycles. The first-order chi connectivity index (χ1) is 8.63. The zero-order valence-electron chi connectivity index (χ0n) is 10.5. The molecule has 0 spiro atoms. The van der Waals surface area contributed by atoms with Crippen LogP contribution >= 0.6 is 11.3 Å². The Labute approximate surface area is 110 Å². The molecule has 0 aromatic carbocycles. The van der Waals surface area contributed by atoms with Gasteiger partial charge in [-0.25, -0.2) is 4.98 Å². The number of rotatable bonds is 3. The van der Waals surface area contributed by atoms with Crippen molar-refractivity contribution in [2.45, 2.75) is 38.8 Å². The van der Waals surface area contributed by atoms with E-state index in [2.05, 4.69) is 10.3 Å². The van der Waals surface area contributed by atoms with Crippen molar-refractivity contribution in [2.75, 3.05) is 6.54 Å².